The van der Waals surface area contributed by atoms with Crippen LogP contribution >= 0.6 is 0 Å². The van der Waals surface area contributed by atoms with E-state index in [1.807, 2.05) is 0 Å². The number of aromatic nitrogens is 2. The van der Waals surface area contributed by atoms with E-state index in [1.54, 1.807) is 0 Å². The number of nitrogens with one attached hydrogen (secondary N) is 1. The smallest absolute Gasteiger partial charge is 0.351 e. The Morgan fingerprint density at radius 3 is 2.13 bits per heavy atom. The molecule has 1 amide bonds. The summed E-state index contributed by atoms with van der Waals surface area (Å²) in [5.41, 5.74) is -0.802. The molecule has 0 bridgehead atoms. The van der Waals surface area contributed by atoms with Crippen LogP contribution in [0.15, 0.2) is 17.1 Å². The minimum atomic E-state index is -1.42. The van der Waals surface area contributed by atoms with Crippen LogP contribution in [0.1, 0.15) is 109 Å². The molecule has 11 nitrogen and oxygen atoms in total. The van der Waals surface area contributed by atoms with Crippen molar-refractivity contribution in [3.8, 4) is 0 Å². The number of esters is 1. The minimum Gasteiger partial charge on any atom is -0.466 e. The summed E-state index contributed by atoms with van der Waals surface area (Å²) in [4.78, 5) is 40.2. The van der Waals surface area contributed by atoms with E-state index in [-0.39, 0.29) is 24.6 Å². The number of rotatable bonds is 20. The van der Waals surface area contributed by atoms with Crippen LogP contribution in [0.5, 0.6) is 0 Å². The molecule has 2 heterocycles. The van der Waals surface area contributed by atoms with Crippen LogP contribution < -0.4 is 11.0 Å². The zero-order valence-corrected chi connectivity index (χ0v) is 23.3. The van der Waals surface area contributed by atoms with Gasteiger partial charge >= 0.3 is 11.7 Å². The number of anilines is 1. The van der Waals surface area contributed by atoms with E-state index in [0.717, 1.165) is 23.8 Å². The van der Waals surface area contributed by atoms with Crippen LogP contribution in [0.25, 0.3) is 0 Å². The van der Waals surface area contributed by atoms with Crippen LogP contribution in [-0.4, -0.2) is 68.3 Å². The number of hydrogen-bond acceptors (Lipinski definition) is 9. The Morgan fingerprint density at radius 2 is 1.56 bits per heavy atom. The van der Waals surface area contributed by atoms with Crippen molar-refractivity contribution < 1.29 is 34.4 Å². The summed E-state index contributed by atoms with van der Waals surface area (Å²) in [7, 11) is 0. The highest BCUT2D eigenvalue weighted by Gasteiger charge is 2.43. The Kier molecular flexibility index (Phi) is 15.9. The third kappa shape index (κ3) is 12.2. The molecule has 2 rings (SSSR count). The van der Waals surface area contributed by atoms with Crippen LogP contribution in [0.2, 0.25) is 0 Å². The lowest BCUT2D eigenvalue weighted by atomic mass is 10.1. The molecule has 11 heteroatoms. The Morgan fingerprint density at radius 1 is 0.949 bits per heavy atom. The molecule has 1 aromatic rings. The molecule has 0 saturated carbocycles. The number of nitrogens with zero attached hydrogens (tertiary/aromatic N) is 2. The normalized spacial score (nSPS) is 20.7. The largest absolute Gasteiger partial charge is 0.466 e. The molecular formula is C28H47N3O8. The zero-order chi connectivity index (χ0) is 28.5. The SMILES string of the molecule is CCCCCCCCCCCCCCOC(=O)CCCC(=O)Nc1ccn([C@@H]2O[C@H](CO)[C@@H](O)[C@@H]2O)c(=O)n1. The lowest BCUT2D eigenvalue weighted by Crippen LogP contribution is -2.36. The number of carbonyl (C=O) groups is 2. The van der Waals surface area contributed by atoms with Gasteiger partial charge in [0.15, 0.2) is 6.23 Å². The molecule has 0 aliphatic carbocycles. The number of aliphatic hydroxyl groups excluding tert-OH is 3. The Bertz CT molecular complexity index is 909. The second-order valence-corrected chi connectivity index (χ2v) is 10.2. The van der Waals surface area contributed by atoms with Gasteiger partial charge < -0.3 is 30.1 Å². The van der Waals surface area contributed by atoms with E-state index in [4.69, 9.17) is 9.47 Å². The molecular weight excluding hydrogens is 506 g/mol. The summed E-state index contributed by atoms with van der Waals surface area (Å²) < 4.78 is 11.5. The molecule has 1 saturated heterocycles. The first-order valence-corrected chi connectivity index (χ1v) is 14.5. The highest BCUT2D eigenvalue weighted by Crippen LogP contribution is 2.28. The van der Waals surface area contributed by atoms with Gasteiger partial charge in [-0.05, 0) is 18.9 Å². The van der Waals surface area contributed by atoms with Crippen LogP contribution in [0, 0.1) is 0 Å². The van der Waals surface area contributed by atoms with Gasteiger partial charge in [0.05, 0.1) is 13.2 Å². The van der Waals surface area contributed by atoms with Gasteiger partial charge in [0.2, 0.25) is 5.91 Å². The third-order valence-corrected chi connectivity index (χ3v) is 6.93. The standard InChI is InChI=1S/C28H47N3O8/c1-2-3-4-5-6-7-8-9-10-11-12-13-19-38-24(34)16-14-15-23(33)29-22-17-18-31(28(37)30-22)27-26(36)25(35)21(20-32)39-27/h17-18,21,25-27,32,35-36H,2-16,19-20H2,1H3,(H,29,30,33,37)/t21-,25-,26+,27-/m1/s1. The van der Waals surface area contributed by atoms with E-state index < -0.39 is 42.7 Å². The molecule has 222 valence electrons. The van der Waals surface area contributed by atoms with Gasteiger partial charge in [-0.1, -0.05) is 77.6 Å². The van der Waals surface area contributed by atoms with Crippen LogP contribution in [0.3, 0.4) is 0 Å². The maximum atomic E-state index is 12.3. The number of carbonyl (C=O) groups excluding carboxylic acids is 2. The monoisotopic (exact) mass is 553 g/mol. The van der Waals surface area contributed by atoms with Crippen molar-refractivity contribution in [3.63, 3.8) is 0 Å². The predicted molar refractivity (Wildman–Crippen MR) is 146 cm³/mol. The fraction of sp³-hybridized carbons (Fsp3) is 0.786. The lowest BCUT2D eigenvalue weighted by molar-refractivity contribution is -0.143. The topological polar surface area (TPSA) is 160 Å². The highest BCUT2D eigenvalue weighted by atomic mass is 16.6. The lowest BCUT2D eigenvalue weighted by Gasteiger charge is -2.17. The molecule has 1 fully saturated rings. The number of ether oxygens (including phenoxy) is 2. The predicted octanol–water partition coefficient (Wildman–Crippen LogP) is 3.21. The van der Waals surface area contributed by atoms with Gasteiger partial charge in [0.1, 0.15) is 24.1 Å². The Hall–Kier alpha value is -2.34. The van der Waals surface area contributed by atoms with Crippen molar-refractivity contribution in [2.45, 2.75) is 128 Å². The van der Waals surface area contributed by atoms with Gasteiger partial charge in [-0.2, -0.15) is 4.98 Å². The minimum absolute atomic E-state index is 0.0162. The van der Waals surface area contributed by atoms with Crippen molar-refractivity contribution in [1.29, 1.82) is 0 Å². The van der Waals surface area contributed by atoms with Crippen LogP contribution in [0.4, 0.5) is 5.82 Å². The summed E-state index contributed by atoms with van der Waals surface area (Å²) in [6.07, 6.45) is 11.7. The van der Waals surface area contributed by atoms with Gasteiger partial charge in [0, 0.05) is 19.0 Å². The first-order valence-electron chi connectivity index (χ1n) is 14.5. The summed E-state index contributed by atoms with van der Waals surface area (Å²) in [5, 5.41) is 31.6. The van der Waals surface area contributed by atoms with Crippen molar-refractivity contribution in [1.82, 2.24) is 9.55 Å². The van der Waals surface area contributed by atoms with E-state index in [1.165, 1.54) is 70.1 Å². The maximum absolute atomic E-state index is 12.3. The number of aliphatic hydroxyl groups is 3. The summed E-state index contributed by atoms with van der Waals surface area (Å²) in [6.45, 7) is 2.12. The Labute approximate surface area is 230 Å². The molecule has 0 spiro atoms. The summed E-state index contributed by atoms with van der Waals surface area (Å²) in [5.74, 6) is -0.714. The fourth-order valence-electron chi connectivity index (χ4n) is 4.59. The highest BCUT2D eigenvalue weighted by molar-refractivity contribution is 5.89. The average molecular weight is 554 g/mol. The van der Waals surface area contributed by atoms with Gasteiger partial charge in [-0.15, -0.1) is 0 Å². The summed E-state index contributed by atoms with van der Waals surface area (Å²) >= 11 is 0. The molecule has 1 aliphatic rings. The molecule has 0 radical (unpaired) electrons. The first-order chi connectivity index (χ1) is 18.9. The zero-order valence-electron chi connectivity index (χ0n) is 23.3. The maximum Gasteiger partial charge on any atom is 0.351 e. The number of hydrogen-bond donors (Lipinski definition) is 4. The van der Waals surface area contributed by atoms with Gasteiger partial charge in [0.25, 0.3) is 0 Å². The number of amides is 1. The van der Waals surface area contributed by atoms with Crippen LogP contribution in [-0.2, 0) is 19.1 Å². The molecule has 0 unspecified atom stereocenters. The second-order valence-electron chi connectivity index (χ2n) is 10.2. The van der Waals surface area contributed by atoms with Crippen molar-refractivity contribution in [3.05, 3.63) is 22.7 Å². The fourth-order valence-corrected chi connectivity index (χ4v) is 4.59. The number of unbranched alkanes of at least 4 members (excludes halogenated alkanes) is 11. The van der Waals surface area contributed by atoms with E-state index in [9.17, 15) is 29.7 Å². The van der Waals surface area contributed by atoms with E-state index >= 15 is 0 Å². The quantitative estimate of drug-likeness (QED) is 0.140. The van der Waals surface area contributed by atoms with Crippen molar-refractivity contribution >= 4 is 17.7 Å². The molecule has 4 N–H and O–H groups in total. The third-order valence-electron chi connectivity index (χ3n) is 6.93. The summed E-state index contributed by atoms with van der Waals surface area (Å²) in [6, 6.07) is 1.36. The van der Waals surface area contributed by atoms with Gasteiger partial charge in [-0.3, -0.25) is 14.2 Å². The van der Waals surface area contributed by atoms with Gasteiger partial charge in [-0.25, -0.2) is 4.79 Å². The average Bonchev–Trinajstić information content (AvgIpc) is 3.20. The van der Waals surface area contributed by atoms with E-state index in [2.05, 4.69) is 17.2 Å². The second kappa shape index (κ2) is 18.9. The van der Waals surface area contributed by atoms with Crippen molar-refractivity contribution in [2.75, 3.05) is 18.5 Å². The van der Waals surface area contributed by atoms with E-state index in [0.29, 0.717) is 13.0 Å². The molecule has 1 aliphatic heterocycles. The Balaban J connectivity index is 1.52. The molecule has 39 heavy (non-hydrogen) atoms. The molecule has 1 aromatic heterocycles. The molecule has 0 aromatic carbocycles. The van der Waals surface area contributed by atoms with Crippen molar-refractivity contribution in [2.24, 2.45) is 0 Å². The molecule has 4 atom stereocenters. The first kappa shape index (κ1) is 32.9.